The van der Waals surface area contributed by atoms with Crippen LogP contribution >= 0.6 is 0 Å². The topological polar surface area (TPSA) is 81.4 Å². The van der Waals surface area contributed by atoms with Crippen LogP contribution in [-0.4, -0.2) is 28.1 Å². The highest BCUT2D eigenvalue weighted by Crippen LogP contribution is 2.21. The van der Waals surface area contributed by atoms with Gasteiger partial charge in [-0.3, -0.25) is 0 Å². The van der Waals surface area contributed by atoms with Gasteiger partial charge in [0.2, 0.25) is 0 Å². The minimum Gasteiger partial charge on any atom is -0.515 e. The number of carboxylic acids is 1. The van der Waals surface area contributed by atoms with Gasteiger partial charge >= 0.3 is 12.1 Å². The van der Waals surface area contributed by atoms with Crippen molar-refractivity contribution in [1.29, 1.82) is 5.41 Å². The predicted molar refractivity (Wildman–Crippen MR) is 36.7 cm³/mol. The average molecular weight is 197 g/mol. The summed E-state index contributed by atoms with van der Waals surface area (Å²) in [4.78, 5) is 10.1. The second kappa shape index (κ2) is 3.92. The molecule has 0 aromatic carbocycles. The van der Waals surface area contributed by atoms with Crippen LogP contribution in [0.1, 0.15) is 6.42 Å². The molecule has 0 amide bonds. The molecule has 0 fully saturated rings. The minimum atomic E-state index is -4.65. The first-order chi connectivity index (χ1) is 5.78. The summed E-state index contributed by atoms with van der Waals surface area (Å²) in [5.74, 6) is -1.77. The molecule has 13 heavy (non-hydrogen) atoms. The number of carbonyl (C=O) groups is 1. The minimum absolute atomic E-state index is 0.0313. The van der Waals surface area contributed by atoms with Crippen LogP contribution in [-0.2, 0) is 4.79 Å². The van der Waals surface area contributed by atoms with Gasteiger partial charge in [-0.1, -0.05) is 0 Å². The Morgan fingerprint density at radius 2 is 1.92 bits per heavy atom. The molecule has 0 spiro atoms. The van der Waals surface area contributed by atoms with Gasteiger partial charge in [0.15, 0.2) is 0 Å². The molecule has 7 heteroatoms. The fourth-order valence-electron chi connectivity index (χ4n) is 0.558. The zero-order valence-electron chi connectivity index (χ0n) is 6.22. The van der Waals surface area contributed by atoms with Crippen molar-refractivity contribution in [2.24, 2.45) is 0 Å². The van der Waals surface area contributed by atoms with E-state index in [1.807, 2.05) is 0 Å². The average Bonchev–Trinajstić information content (AvgIpc) is 1.82. The molecule has 3 N–H and O–H groups in total. The number of aliphatic hydroxyl groups excluding tert-OH is 1. The van der Waals surface area contributed by atoms with E-state index in [2.05, 4.69) is 0 Å². The summed E-state index contributed by atoms with van der Waals surface area (Å²) >= 11 is 0. The second-order valence-electron chi connectivity index (χ2n) is 2.12. The molecule has 74 valence electrons. The first-order valence-electron chi connectivity index (χ1n) is 3.00. The maximum Gasteiger partial charge on any atom is 0.394 e. The molecule has 0 unspecified atom stereocenters. The molecule has 0 aromatic rings. The van der Waals surface area contributed by atoms with Crippen LogP contribution < -0.4 is 0 Å². The zero-order chi connectivity index (χ0) is 10.6. The molecule has 0 saturated heterocycles. The highest BCUT2D eigenvalue weighted by Gasteiger charge is 2.32. The van der Waals surface area contributed by atoms with Gasteiger partial charge in [0.25, 0.3) is 0 Å². The normalized spacial score (nSPS) is 12.7. The van der Waals surface area contributed by atoms with E-state index in [9.17, 15) is 18.0 Å². The molecule has 0 atom stereocenters. The Hall–Kier alpha value is -1.53. The molecule has 0 heterocycles. The first kappa shape index (κ1) is 11.5. The Balaban J connectivity index is 4.52. The highest BCUT2D eigenvalue weighted by molar-refractivity contribution is 6.17. The van der Waals surface area contributed by atoms with Crippen molar-refractivity contribution in [1.82, 2.24) is 0 Å². The smallest absolute Gasteiger partial charge is 0.394 e. The lowest BCUT2D eigenvalue weighted by atomic mass is 10.1. The van der Waals surface area contributed by atoms with E-state index in [0.29, 0.717) is 0 Å². The van der Waals surface area contributed by atoms with E-state index in [0.717, 1.165) is 0 Å². The summed E-state index contributed by atoms with van der Waals surface area (Å²) in [7, 11) is 0. The highest BCUT2D eigenvalue weighted by atomic mass is 19.4. The van der Waals surface area contributed by atoms with Crippen molar-refractivity contribution < 1.29 is 28.2 Å². The third kappa shape index (κ3) is 4.14. The standard InChI is InChI=1S/C6H6F3NO3/c7-6(8,9)1-4(10)3(2-11)5(12)13/h2,10-11H,1H2,(H,12,13)/b3-2+,10-4?. The number of nitrogens with one attached hydrogen (secondary N) is 1. The van der Waals surface area contributed by atoms with Crippen molar-refractivity contribution in [2.75, 3.05) is 0 Å². The number of rotatable bonds is 3. The number of alkyl halides is 3. The van der Waals surface area contributed by atoms with Crippen molar-refractivity contribution in [3.63, 3.8) is 0 Å². The fourth-order valence-corrected chi connectivity index (χ4v) is 0.558. The van der Waals surface area contributed by atoms with E-state index in [1.54, 1.807) is 0 Å². The number of halogens is 3. The monoisotopic (exact) mass is 197 g/mol. The lowest BCUT2D eigenvalue weighted by molar-refractivity contribution is -0.132. The lowest BCUT2D eigenvalue weighted by Gasteiger charge is -2.06. The fraction of sp³-hybridized carbons (Fsp3) is 0.333. The summed E-state index contributed by atoms with van der Waals surface area (Å²) in [6.07, 6.45) is -6.36. The van der Waals surface area contributed by atoms with Crippen LogP contribution in [0.25, 0.3) is 0 Å². The third-order valence-electron chi connectivity index (χ3n) is 1.06. The van der Waals surface area contributed by atoms with Gasteiger partial charge < -0.3 is 15.6 Å². The van der Waals surface area contributed by atoms with Gasteiger partial charge in [0.1, 0.15) is 5.57 Å². The quantitative estimate of drug-likeness (QED) is 0.364. The van der Waals surface area contributed by atoms with E-state index in [1.165, 1.54) is 0 Å². The van der Waals surface area contributed by atoms with Crippen LogP contribution in [0.15, 0.2) is 11.8 Å². The molecule has 0 aromatic heterocycles. The third-order valence-corrected chi connectivity index (χ3v) is 1.06. The summed E-state index contributed by atoms with van der Waals surface area (Å²) in [5.41, 5.74) is -2.24. The van der Waals surface area contributed by atoms with Crippen LogP contribution in [0.2, 0.25) is 0 Å². The SMILES string of the molecule is N=C(CC(F)(F)F)/C(=C\O)C(=O)O. The first-order valence-corrected chi connectivity index (χ1v) is 3.00. The molecule has 0 radical (unpaired) electrons. The van der Waals surface area contributed by atoms with Crippen molar-refractivity contribution >= 4 is 11.7 Å². The number of carboxylic acid groups (broad SMARTS) is 1. The number of aliphatic hydroxyl groups is 1. The van der Waals surface area contributed by atoms with E-state index in [-0.39, 0.29) is 6.26 Å². The van der Waals surface area contributed by atoms with Crippen LogP contribution in [0.4, 0.5) is 13.2 Å². The number of hydrogen-bond acceptors (Lipinski definition) is 3. The number of aliphatic carboxylic acids is 1. The molecule has 0 bridgehead atoms. The summed E-state index contributed by atoms with van der Waals surface area (Å²) in [6.45, 7) is 0. The molecular formula is C6H6F3NO3. The lowest BCUT2D eigenvalue weighted by Crippen LogP contribution is -2.19. The molecule has 0 saturated carbocycles. The predicted octanol–water partition coefficient (Wildman–Crippen LogP) is 1.49. The van der Waals surface area contributed by atoms with Gasteiger partial charge in [-0.15, -0.1) is 0 Å². The van der Waals surface area contributed by atoms with Gasteiger partial charge in [0.05, 0.1) is 18.4 Å². The zero-order valence-corrected chi connectivity index (χ0v) is 6.22. The summed E-state index contributed by atoms with van der Waals surface area (Å²) < 4.78 is 34.9. The van der Waals surface area contributed by atoms with Crippen LogP contribution in [0, 0.1) is 5.41 Å². The summed E-state index contributed by atoms with van der Waals surface area (Å²) in [5, 5.41) is 23.1. The Labute approximate surface area is 70.8 Å². The molecule has 0 aliphatic carbocycles. The number of hydrogen-bond donors (Lipinski definition) is 3. The van der Waals surface area contributed by atoms with Gasteiger partial charge in [-0.2, -0.15) is 13.2 Å². The Bertz CT molecular complexity index is 256. The maximum atomic E-state index is 11.6. The molecule has 4 nitrogen and oxygen atoms in total. The van der Waals surface area contributed by atoms with E-state index >= 15 is 0 Å². The van der Waals surface area contributed by atoms with E-state index in [4.69, 9.17) is 15.6 Å². The maximum absolute atomic E-state index is 11.6. The van der Waals surface area contributed by atoms with Crippen molar-refractivity contribution in [3.05, 3.63) is 11.8 Å². The second-order valence-corrected chi connectivity index (χ2v) is 2.12. The van der Waals surface area contributed by atoms with Crippen molar-refractivity contribution in [2.45, 2.75) is 12.6 Å². The molecule has 0 aliphatic heterocycles. The largest absolute Gasteiger partial charge is 0.515 e. The van der Waals surface area contributed by atoms with Crippen molar-refractivity contribution in [3.8, 4) is 0 Å². The Morgan fingerprint density at radius 1 is 1.46 bits per heavy atom. The Kier molecular flexibility index (Phi) is 3.46. The molecular weight excluding hydrogens is 191 g/mol. The van der Waals surface area contributed by atoms with Gasteiger partial charge in [-0.05, 0) is 0 Å². The Morgan fingerprint density at radius 3 is 2.15 bits per heavy atom. The van der Waals surface area contributed by atoms with Gasteiger partial charge in [0, 0.05) is 0 Å². The molecule has 0 aliphatic rings. The van der Waals surface area contributed by atoms with Gasteiger partial charge in [-0.25, -0.2) is 4.79 Å². The van der Waals surface area contributed by atoms with Crippen LogP contribution in [0.5, 0.6) is 0 Å². The summed E-state index contributed by atoms with van der Waals surface area (Å²) in [6, 6.07) is 0. The van der Waals surface area contributed by atoms with E-state index < -0.39 is 29.9 Å². The molecule has 0 rings (SSSR count). The van der Waals surface area contributed by atoms with Crippen LogP contribution in [0.3, 0.4) is 0 Å².